The fourth-order valence-electron chi connectivity index (χ4n) is 3.44. The molecule has 0 saturated carbocycles. The molecule has 2 aromatic rings. The summed E-state index contributed by atoms with van der Waals surface area (Å²) in [6.45, 7) is 3.74. The van der Waals surface area contributed by atoms with Gasteiger partial charge in [0.05, 0.1) is 5.75 Å². The summed E-state index contributed by atoms with van der Waals surface area (Å²) in [6.07, 6.45) is 3.19. The second-order valence-corrected chi connectivity index (χ2v) is 8.92. The van der Waals surface area contributed by atoms with E-state index in [0.29, 0.717) is 12.5 Å². The molecular formula is C21H28N2O2S. The van der Waals surface area contributed by atoms with Crippen LogP contribution in [0.15, 0.2) is 60.7 Å². The van der Waals surface area contributed by atoms with Gasteiger partial charge in [-0.05, 0) is 49.4 Å². The molecule has 26 heavy (non-hydrogen) atoms. The van der Waals surface area contributed by atoms with E-state index < -0.39 is 10.0 Å². The van der Waals surface area contributed by atoms with Gasteiger partial charge in [0, 0.05) is 13.1 Å². The molecule has 3 rings (SSSR count). The standard InChI is InChI=1S/C21H28N2O2S/c24-26(25,18-21-9-5-2-6-10-21)22-17-20-12-15-23(16-13-20)14-11-19-7-3-1-4-8-19/h1-10,20,22H,11-18H2. The Morgan fingerprint density at radius 1 is 0.885 bits per heavy atom. The summed E-state index contributed by atoms with van der Waals surface area (Å²) in [4.78, 5) is 2.49. The van der Waals surface area contributed by atoms with Crippen LogP contribution in [0.3, 0.4) is 0 Å². The lowest BCUT2D eigenvalue weighted by Crippen LogP contribution is -2.39. The number of hydrogen-bond acceptors (Lipinski definition) is 3. The highest BCUT2D eigenvalue weighted by Gasteiger charge is 2.21. The van der Waals surface area contributed by atoms with Crippen LogP contribution in [0.1, 0.15) is 24.0 Å². The topological polar surface area (TPSA) is 49.4 Å². The Hall–Kier alpha value is -1.69. The summed E-state index contributed by atoms with van der Waals surface area (Å²) in [5.74, 6) is 0.498. The van der Waals surface area contributed by atoms with Gasteiger partial charge in [-0.15, -0.1) is 0 Å². The number of sulfonamides is 1. The Kier molecular flexibility index (Phi) is 6.83. The molecule has 1 aliphatic heterocycles. The fraction of sp³-hybridized carbons (Fsp3) is 0.429. The van der Waals surface area contributed by atoms with Crippen LogP contribution >= 0.6 is 0 Å². The lowest BCUT2D eigenvalue weighted by Gasteiger charge is -2.32. The summed E-state index contributed by atoms with van der Waals surface area (Å²) in [6, 6.07) is 19.9. The second-order valence-electron chi connectivity index (χ2n) is 7.11. The van der Waals surface area contributed by atoms with Crippen molar-refractivity contribution in [2.24, 2.45) is 5.92 Å². The van der Waals surface area contributed by atoms with E-state index in [2.05, 4.69) is 33.9 Å². The third-order valence-corrected chi connectivity index (χ3v) is 6.38. The Morgan fingerprint density at radius 2 is 1.46 bits per heavy atom. The molecule has 0 aliphatic carbocycles. The molecular weight excluding hydrogens is 344 g/mol. The van der Waals surface area contributed by atoms with Crippen molar-refractivity contribution in [2.45, 2.75) is 25.0 Å². The molecule has 2 aromatic carbocycles. The normalized spacial score (nSPS) is 16.6. The molecule has 1 aliphatic rings. The molecule has 1 fully saturated rings. The average Bonchev–Trinajstić information content (AvgIpc) is 2.67. The molecule has 0 unspecified atom stereocenters. The zero-order chi connectivity index (χ0) is 18.2. The number of likely N-dealkylation sites (tertiary alicyclic amines) is 1. The van der Waals surface area contributed by atoms with Crippen molar-refractivity contribution in [3.05, 3.63) is 71.8 Å². The largest absolute Gasteiger partial charge is 0.303 e. The number of piperidine rings is 1. The van der Waals surface area contributed by atoms with Crippen molar-refractivity contribution in [1.82, 2.24) is 9.62 Å². The predicted molar refractivity (Wildman–Crippen MR) is 106 cm³/mol. The maximum Gasteiger partial charge on any atom is 0.215 e. The minimum atomic E-state index is -3.26. The van der Waals surface area contributed by atoms with E-state index >= 15 is 0 Å². The zero-order valence-electron chi connectivity index (χ0n) is 15.2. The first-order valence-corrected chi connectivity index (χ1v) is 11.0. The van der Waals surface area contributed by atoms with Gasteiger partial charge in [-0.2, -0.15) is 0 Å². The first-order valence-electron chi connectivity index (χ1n) is 9.38. The van der Waals surface area contributed by atoms with Crippen molar-refractivity contribution in [1.29, 1.82) is 0 Å². The van der Waals surface area contributed by atoms with Crippen LogP contribution in [0.5, 0.6) is 0 Å². The minimum absolute atomic E-state index is 0.0593. The highest BCUT2D eigenvalue weighted by molar-refractivity contribution is 7.88. The third-order valence-electron chi connectivity index (χ3n) is 5.06. The molecule has 0 aromatic heterocycles. The van der Waals surface area contributed by atoms with Gasteiger partial charge < -0.3 is 4.90 Å². The van der Waals surface area contributed by atoms with E-state index in [1.807, 2.05) is 36.4 Å². The summed E-state index contributed by atoms with van der Waals surface area (Å²) in [7, 11) is -3.26. The van der Waals surface area contributed by atoms with Crippen LogP contribution in [0.25, 0.3) is 0 Å². The highest BCUT2D eigenvalue weighted by Crippen LogP contribution is 2.17. The first kappa shape index (κ1) is 19.1. The second kappa shape index (κ2) is 9.31. The molecule has 1 N–H and O–H groups in total. The molecule has 0 bridgehead atoms. The van der Waals surface area contributed by atoms with Crippen LogP contribution < -0.4 is 4.72 Å². The predicted octanol–water partition coefficient (Wildman–Crippen LogP) is 3.06. The van der Waals surface area contributed by atoms with Crippen molar-refractivity contribution in [3.63, 3.8) is 0 Å². The number of rotatable bonds is 8. The zero-order valence-corrected chi connectivity index (χ0v) is 16.0. The molecule has 4 nitrogen and oxygen atoms in total. The average molecular weight is 373 g/mol. The molecule has 0 amide bonds. The lowest BCUT2D eigenvalue weighted by molar-refractivity contribution is 0.187. The van der Waals surface area contributed by atoms with Gasteiger partial charge in [-0.1, -0.05) is 60.7 Å². The van der Waals surface area contributed by atoms with Gasteiger partial charge in [0.15, 0.2) is 0 Å². The van der Waals surface area contributed by atoms with Gasteiger partial charge in [0.1, 0.15) is 0 Å². The lowest BCUT2D eigenvalue weighted by atomic mass is 9.97. The summed E-state index contributed by atoms with van der Waals surface area (Å²) in [5, 5.41) is 0. The van der Waals surface area contributed by atoms with Gasteiger partial charge in [-0.25, -0.2) is 13.1 Å². The van der Waals surface area contributed by atoms with Crippen LogP contribution in [-0.2, 0) is 22.2 Å². The van der Waals surface area contributed by atoms with Crippen LogP contribution in [-0.4, -0.2) is 39.5 Å². The summed E-state index contributed by atoms with van der Waals surface area (Å²) < 4.78 is 27.3. The number of benzene rings is 2. The number of hydrogen-bond donors (Lipinski definition) is 1. The summed E-state index contributed by atoms with van der Waals surface area (Å²) >= 11 is 0. The van der Waals surface area contributed by atoms with Gasteiger partial charge in [-0.3, -0.25) is 0 Å². The van der Waals surface area contributed by atoms with E-state index in [9.17, 15) is 8.42 Å². The van der Waals surface area contributed by atoms with Crippen molar-refractivity contribution in [3.8, 4) is 0 Å². The van der Waals surface area contributed by atoms with E-state index in [1.54, 1.807) is 0 Å². The monoisotopic (exact) mass is 372 g/mol. The fourth-order valence-corrected chi connectivity index (χ4v) is 4.66. The molecule has 0 atom stereocenters. The molecule has 140 valence electrons. The molecule has 0 radical (unpaired) electrons. The smallest absolute Gasteiger partial charge is 0.215 e. The van der Waals surface area contributed by atoms with E-state index in [-0.39, 0.29) is 5.75 Å². The van der Waals surface area contributed by atoms with Crippen LogP contribution in [0.2, 0.25) is 0 Å². The summed E-state index contributed by atoms with van der Waals surface area (Å²) in [5.41, 5.74) is 2.21. The van der Waals surface area contributed by atoms with E-state index in [0.717, 1.165) is 44.5 Å². The van der Waals surface area contributed by atoms with Crippen molar-refractivity contribution < 1.29 is 8.42 Å². The Bertz CT molecular complexity index is 755. The van der Waals surface area contributed by atoms with E-state index in [4.69, 9.17) is 0 Å². The Morgan fingerprint density at radius 3 is 2.08 bits per heavy atom. The minimum Gasteiger partial charge on any atom is -0.303 e. The molecule has 5 heteroatoms. The third kappa shape index (κ3) is 6.24. The first-order chi connectivity index (χ1) is 12.6. The van der Waals surface area contributed by atoms with Crippen molar-refractivity contribution >= 4 is 10.0 Å². The number of nitrogens with one attached hydrogen (secondary N) is 1. The van der Waals surface area contributed by atoms with Gasteiger partial charge in [0.2, 0.25) is 10.0 Å². The quantitative estimate of drug-likeness (QED) is 0.775. The number of nitrogens with zero attached hydrogens (tertiary/aromatic N) is 1. The maximum atomic E-state index is 12.2. The van der Waals surface area contributed by atoms with Gasteiger partial charge in [0.25, 0.3) is 0 Å². The van der Waals surface area contributed by atoms with Gasteiger partial charge >= 0.3 is 0 Å². The molecule has 0 spiro atoms. The SMILES string of the molecule is O=S(=O)(Cc1ccccc1)NCC1CCN(CCc2ccccc2)CC1. The maximum absolute atomic E-state index is 12.2. The Labute approximate surface area is 157 Å². The van der Waals surface area contributed by atoms with E-state index in [1.165, 1.54) is 5.56 Å². The molecule has 1 heterocycles. The van der Waals surface area contributed by atoms with Crippen molar-refractivity contribution in [2.75, 3.05) is 26.2 Å². The highest BCUT2D eigenvalue weighted by atomic mass is 32.2. The van der Waals surface area contributed by atoms with Crippen LogP contribution in [0, 0.1) is 5.92 Å². The molecule has 1 saturated heterocycles. The van der Waals surface area contributed by atoms with Crippen LogP contribution in [0.4, 0.5) is 0 Å². The Balaban J connectivity index is 1.37.